The van der Waals surface area contributed by atoms with Crippen LogP contribution in [0.25, 0.3) is 0 Å². The second kappa shape index (κ2) is 11.4. The van der Waals surface area contributed by atoms with Crippen LogP contribution in [0.4, 0.5) is 4.39 Å². The van der Waals surface area contributed by atoms with Crippen molar-refractivity contribution in [3.63, 3.8) is 0 Å². The third-order valence-corrected chi connectivity index (χ3v) is 5.18. The number of carbonyl (C=O) groups is 3. The summed E-state index contributed by atoms with van der Waals surface area (Å²) < 4.78 is 34.5. The Hall–Kier alpha value is -3.49. The van der Waals surface area contributed by atoms with E-state index in [4.69, 9.17) is 18.9 Å². The Morgan fingerprint density at radius 1 is 1.03 bits per heavy atom. The molecule has 2 rings (SSSR count). The number of benzene rings is 1. The van der Waals surface area contributed by atoms with Gasteiger partial charge in [-0.05, 0) is 13.0 Å². The van der Waals surface area contributed by atoms with Gasteiger partial charge >= 0.3 is 11.9 Å². The molecule has 0 aliphatic rings. The van der Waals surface area contributed by atoms with Gasteiger partial charge in [0.25, 0.3) is 0 Å². The van der Waals surface area contributed by atoms with Crippen molar-refractivity contribution in [2.24, 2.45) is 5.92 Å². The lowest BCUT2D eigenvalue weighted by Crippen LogP contribution is -2.26. The summed E-state index contributed by atoms with van der Waals surface area (Å²) in [4.78, 5) is 40.9. The lowest BCUT2D eigenvalue weighted by atomic mass is 9.95. The van der Waals surface area contributed by atoms with Crippen molar-refractivity contribution < 1.29 is 37.7 Å². The van der Waals surface area contributed by atoms with Crippen molar-refractivity contribution in [3.8, 4) is 17.2 Å². The molecule has 178 valence electrons. The fraction of sp³-hybridized carbons (Fsp3) is 0.417. The van der Waals surface area contributed by atoms with Crippen LogP contribution in [0.5, 0.6) is 17.2 Å². The van der Waals surface area contributed by atoms with E-state index in [1.165, 1.54) is 45.5 Å². The Bertz CT molecular complexity index is 1020. The molecule has 1 heterocycles. The van der Waals surface area contributed by atoms with Crippen LogP contribution in [0.3, 0.4) is 0 Å². The van der Waals surface area contributed by atoms with E-state index in [9.17, 15) is 18.8 Å². The van der Waals surface area contributed by atoms with Crippen LogP contribution in [0, 0.1) is 11.7 Å². The standard InChI is InChI=1S/C24H28FNO7/c1-13(11-19(28)22-23(33-16(4)27)20(30-5)9-10-26-22)24(29)32-15(3)14(2)18-8-7-17(25)12-21(18)31-6/h7-10,12-15H,11H2,1-6H3/t13-,14+,15-/m1/s1. The van der Waals surface area contributed by atoms with Gasteiger partial charge in [0.15, 0.2) is 17.2 Å². The third-order valence-electron chi connectivity index (χ3n) is 5.18. The van der Waals surface area contributed by atoms with Gasteiger partial charge < -0.3 is 18.9 Å². The van der Waals surface area contributed by atoms with E-state index >= 15 is 0 Å². The largest absolute Gasteiger partial charge is 0.496 e. The highest BCUT2D eigenvalue weighted by atomic mass is 19.1. The number of esters is 2. The fourth-order valence-electron chi connectivity index (χ4n) is 3.21. The first kappa shape index (κ1) is 25.8. The molecule has 3 atom stereocenters. The Kier molecular flexibility index (Phi) is 8.90. The van der Waals surface area contributed by atoms with Crippen molar-refractivity contribution in [1.29, 1.82) is 0 Å². The van der Waals surface area contributed by atoms with Crippen LogP contribution in [-0.4, -0.2) is 43.0 Å². The quantitative estimate of drug-likeness (QED) is 0.385. The smallest absolute Gasteiger partial charge is 0.309 e. The predicted molar refractivity (Wildman–Crippen MR) is 117 cm³/mol. The van der Waals surface area contributed by atoms with Crippen LogP contribution < -0.4 is 14.2 Å². The number of aromatic nitrogens is 1. The van der Waals surface area contributed by atoms with Gasteiger partial charge in [-0.1, -0.05) is 19.9 Å². The van der Waals surface area contributed by atoms with E-state index < -0.39 is 35.6 Å². The number of rotatable bonds is 10. The van der Waals surface area contributed by atoms with Gasteiger partial charge in [-0.2, -0.15) is 0 Å². The Morgan fingerprint density at radius 3 is 2.30 bits per heavy atom. The average molecular weight is 461 g/mol. The first-order valence-electron chi connectivity index (χ1n) is 10.4. The fourth-order valence-corrected chi connectivity index (χ4v) is 3.21. The summed E-state index contributed by atoms with van der Waals surface area (Å²) in [5.74, 6) is -2.80. The highest BCUT2D eigenvalue weighted by molar-refractivity contribution is 5.99. The maximum Gasteiger partial charge on any atom is 0.309 e. The minimum atomic E-state index is -0.791. The van der Waals surface area contributed by atoms with Gasteiger partial charge in [0, 0.05) is 43.2 Å². The van der Waals surface area contributed by atoms with Gasteiger partial charge in [0.2, 0.25) is 5.75 Å². The number of hydrogen-bond acceptors (Lipinski definition) is 8. The number of Topliss-reactive ketones (excluding diaryl/α,β-unsaturated/α-hetero) is 1. The summed E-state index contributed by atoms with van der Waals surface area (Å²) in [5, 5.41) is 0. The molecule has 1 aromatic heterocycles. The molecule has 33 heavy (non-hydrogen) atoms. The second-order valence-electron chi connectivity index (χ2n) is 7.63. The number of ether oxygens (including phenoxy) is 4. The number of halogens is 1. The normalized spacial score (nSPS) is 13.4. The van der Waals surface area contributed by atoms with Gasteiger partial charge in [0.1, 0.15) is 17.7 Å². The Balaban J connectivity index is 2.10. The third kappa shape index (κ3) is 6.50. The van der Waals surface area contributed by atoms with E-state index in [1.54, 1.807) is 19.9 Å². The molecular formula is C24H28FNO7. The molecule has 9 heteroatoms. The highest BCUT2D eigenvalue weighted by Gasteiger charge is 2.28. The summed E-state index contributed by atoms with van der Waals surface area (Å²) in [7, 11) is 2.81. The van der Waals surface area contributed by atoms with Crippen molar-refractivity contribution >= 4 is 17.7 Å². The lowest BCUT2D eigenvalue weighted by molar-refractivity contribution is -0.153. The molecule has 0 unspecified atom stereocenters. The zero-order valence-electron chi connectivity index (χ0n) is 19.5. The van der Waals surface area contributed by atoms with Gasteiger partial charge in [0.05, 0.1) is 20.1 Å². The van der Waals surface area contributed by atoms with E-state index in [2.05, 4.69) is 4.98 Å². The predicted octanol–water partition coefficient (Wildman–Crippen LogP) is 4.11. The number of carbonyl (C=O) groups excluding carboxylic acids is 3. The first-order valence-corrected chi connectivity index (χ1v) is 10.4. The molecule has 0 aliphatic carbocycles. The van der Waals surface area contributed by atoms with Crippen LogP contribution in [0.15, 0.2) is 30.5 Å². The second-order valence-corrected chi connectivity index (χ2v) is 7.63. The summed E-state index contributed by atoms with van der Waals surface area (Å²) in [6, 6.07) is 5.62. The van der Waals surface area contributed by atoms with Crippen molar-refractivity contribution in [2.45, 2.75) is 46.1 Å². The summed E-state index contributed by atoms with van der Waals surface area (Å²) >= 11 is 0. The van der Waals surface area contributed by atoms with Gasteiger partial charge in [-0.15, -0.1) is 0 Å². The van der Waals surface area contributed by atoms with E-state index in [0.29, 0.717) is 11.3 Å². The molecule has 0 aliphatic heterocycles. The summed E-state index contributed by atoms with van der Waals surface area (Å²) in [6.45, 7) is 6.29. The average Bonchev–Trinajstić information content (AvgIpc) is 2.77. The highest BCUT2D eigenvalue weighted by Crippen LogP contribution is 2.33. The van der Waals surface area contributed by atoms with Crippen molar-refractivity contribution in [1.82, 2.24) is 4.98 Å². The van der Waals surface area contributed by atoms with Crippen molar-refractivity contribution in [2.75, 3.05) is 14.2 Å². The molecular weight excluding hydrogens is 433 g/mol. The van der Waals surface area contributed by atoms with E-state index in [1.807, 2.05) is 6.92 Å². The van der Waals surface area contributed by atoms with E-state index in [-0.39, 0.29) is 29.5 Å². The Labute approximate surface area is 192 Å². The summed E-state index contributed by atoms with van der Waals surface area (Å²) in [6.07, 6.45) is 0.566. The van der Waals surface area contributed by atoms with E-state index in [0.717, 1.165) is 0 Å². The van der Waals surface area contributed by atoms with Crippen LogP contribution in [-0.2, 0) is 14.3 Å². The molecule has 0 bridgehead atoms. The monoisotopic (exact) mass is 461 g/mol. The number of hydrogen-bond donors (Lipinski definition) is 0. The SMILES string of the molecule is COc1cc(F)ccc1[C@@H](C)[C@@H](C)OC(=O)[C@H](C)CC(=O)c1nccc(OC)c1OC(C)=O. The first-order chi connectivity index (χ1) is 15.6. The minimum Gasteiger partial charge on any atom is -0.496 e. The number of pyridine rings is 1. The van der Waals surface area contributed by atoms with Gasteiger partial charge in [-0.3, -0.25) is 14.4 Å². The molecule has 8 nitrogen and oxygen atoms in total. The molecule has 0 spiro atoms. The maximum atomic E-state index is 13.5. The minimum absolute atomic E-state index is 0.0940. The molecule has 2 aromatic rings. The molecule has 1 aromatic carbocycles. The molecule has 0 fully saturated rings. The number of ketones is 1. The molecule has 0 saturated heterocycles. The number of methoxy groups -OCH3 is 2. The zero-order chi connectivity index (χ0) is 24.7. The van der Waals surface area contributed by atoms with Crippen molar-refractivity contribution in [3.05, 3.63) is 47.5 Å². The molecule has 0 radical (unpaired) electrons. The maximum absolute atomic E-state index is 13.5. The number of nitrogens with zero attached hydrogens (tertiary/aromatic N) is 1. The molecule has 0 amide bonds. The zero-order valence-corrected chi connectivity index (χ0v) is 19.5. The topological polar surface area (TPSA) is 101 Å². The molecule has 0 saturated carbocycles. The Morgan fingerprint density at radius 2 is 1.70 bits per heavy atom. The van der Waals surface area contributed by atoms with Crippen LogP contribution in [0.1, 0.15) is 56.1 Å². The van der Waals surface area contributed by atoms with Gasteiger partial charge in [-0.25, -0.2) is 9.37 Å². The van der Waals surface area contributed by atoms with Crippen LogP contribution in [0.2, 0.25) is 0 Å². The lowest BCUT2D eigenvalue weighted by Gasteiger charge is -2.24. The summed E-state index contributed by atoms with van der Waals surface area (Å²) in [5.41, 5.74) is 0.580. The molecule has 0 N–H and O–H groups in total. The van der Waals surface area contributed by atoms with Crippen LogP contribution >= 0.6 is 0 Å².